The molecule has 0 aromatic carbocycles. The average Bonchev–Trinajstić information content (AvgIpc) is 1.62. The molecule has 0 bridgehead atoms. The lowest BCUT2D eigenvalue weighted by molar-refractivity contribution is 0.152. The van der Waals surface area contributed by atoms with Crippen molar-refractivity contribution in [1.82, 2.24) is 0 Å². The topological polar surface area (TPSA) is 84.6 Å². The zero-order valence-corrected chi connectivity index (χ0v) is 5.05. The first-order chi connectivity index (χ1) is 3.48. The van der Waals surface area contributed by atoms with Crippen molar-refractivity contribution in [2.45, 2.75) is 19.4 Å². The van der Waals surface area contributed by atoms with Gasteiger partial charge >= 0.3 is 0 Å². The Labute approximate surface area is 48.2 Å². The number of hydrogen-bond donors (Lipinski definition) is 3. The van der Waals surface area contributed by atoms with Crippen LogP contribution in [0, 0.1) is 0 Å². The van der Waals surface area contributed by atoms with Crippen molar-refractivity contribution in [2.24, 2.45) is 16.7 Å². The van der Waals surface area contributed by atoms with Crippen LogP contribution in [0.5, 0.6) is 0 Å². The molecule has 0 aromatic heterocycles. The summed E-state index contributed by atoms with van der Waals surface area (Å²) < 4.78 is 0. The molecular weight excluding hydrogens is 106 g/mol. The maximum absolute atomic E-state index is 8.95. The summed E-state index contributed by atoms with van der Waals surface area (Å²) in [5.74, 6) is 4.80. The molecule has 0 saturated carbocycles. The zero-order valence-electron chi connectivity index (χ0n) is 5.05. The number of amidine groups is 1. The zero-order chi connectivity index (χ0) is 6.78. The Morgan fingerprint density at radius 1 is 1.62 bits per heavy atom. The highest BCUT2D eigenvalue weighted by Crippen LogP contribution is 1.97. The summed E-state index contributed by atoms with van der Waals surface area (Å²) in [5.41, 5.74) is 4.04. The number of nitrogens with two attached hydrogens (primary N) is 2. The first-order valence-corrected chi connectivity index (χ1v) is 2.24. The van der Waals surface area contributed by atoms with Crippen molar-refractivity contribution in [2.75, 3.05) is 0 Å². The molecule has 4 nitrogen and oxygen atoms in total. The number of nitrogens with zero attached hydrogens (tertiary/aromatic N) is 1. The Morgan fingerprint density at radius 3 is 2.00 bits per heavy atom. The minimum atomic E-state index is -1.09. The minimum absolute atomic E-state index is 0.0394. The van der Waals surface area contributed by atoms with E-state index in [0.29, 0.717) is 0 Å². The summed E-state index contributed by atoms with van der Waals surface area (Å²) in [6.45, 7) is 3.03. The van der Waals surface area contributed by atoms with E-state index in [-0.39, 0.29) is 5.84 Å². The largest absolute Gasteiger partial charge is 0.383 e. The van der Waals surface area contributed by atoms with Crippen LogP contribution in [-0.2, 0) is 0 Å². The van der Waals surface area contributed by atoms with E-state index in [4.69, 9.17) is 16.7 Å². The Balaban J connectivity index is 4.03. The lowest BCUT2D eigenvalue weighted by Crippen LogP contribution is -2.38. The van der Waals surface area contributed by atoms with Crippen molar-refractivity contribution in [3.63, 3.8) is 0 Å². The molecule has 0 radical (unpaired) electrons. The third-order valence-electron chi connectivity index (χ3n) is 0.766. The molecule has 0 aliphatic heterocycles. The summed E-state index contributed by atoms with van der Waals surface area (Å²) in [6, 6.07) is 0. The molecule has 0 heterocycles. The number of hydrogen-bond acceptors (Lipinski definition) is 3. The molecule has 0 saturated heterocycles. The molecule has 0 unspecified atom stereocenters. The van der Waals surface area contributed by atoms with E-state index in [1.165, 1.54) is 13.8 Å². The van der Waals surface area contributed by atoms with Gasteiger partial charge in [0.1, 0.15) is 5.60 Å². The Kier molecular flexibility index (Phi) is 1.81. The molecule has 0 atom stereocenters. The fourth-order valence-electron chi connectivity index (χ4n) is 0.158. The highest BCUT2D eigenvalue weighted by molar-refractivity contribution is 5.87. The van der Waals surface area contributed by atoms with Gasteiger partial charge in [-0.2, -0.15) is 5.10 Å². The smallest absolute Gasteiger partial charge is 0.150 e. The molecule has 0 spiro atoms. The van der Waals surface area contributed by atoms with Crippen molar-refractivity contribution < 1.29 is 5.11 Å². The summed E-state index contributed by atoms with van der Waals surface area (Å²) in [7, 11) is 0. The van der Waals surface area contributed by atoms with E-state index in [0.717, 1.165) is 0 Å². The van der Waals surface area contributed by atoms with Crippen LogP contribution >= 0.6 is 0 Å². The molecule has 0 rings (SSSR count). The van der Waals surface area contributed by atoms with Crippen LogP contribution < -0.4 is 11.6 Å². The molecule has 0 aromatic rings. The number of aliphatic hydroxyl groups is 1. The van der Waals surface area contributed by atoms with Gasteiger partial charge in [-0.1, -0.05) is 0 Å². The van der Waals surface area contributed by atoms with Crippen LogP contribution in [0.1, 0.15) is 13.8 Å². The fourth-order valence-corrected chi connectivity index (χ4v) is 0.158. The summed E-state index contributed by atoms with van der Waals surface area (Å²) >= 11 is 0. The van der Waals surface area contributed by atoms with Crippen molar-refractivity contribution in [3.05, 3.63) is 0 Å². The standard InChI is InChI=1S/C4H11N3O/c1-4(2,8)3(5)7-6/h8H,6H2,1-2H3,(H2,5,7). The van der Waals surface area contributed by atoms with Crippen molar-refractivity contribution in [1.29, 1.82) is 0 Å². The highest BCUT2D eigenvalue weighted by Gasteiger charge is 2.16. The van der Waals surface area contributed by atoms with E-state index >= 15 is 0 Å². The highest BCUT2D eigenvalue weighted by atomic mass is 16.3. The molecule has 48 valence electrons. The molecule has 4 heteroatoms. The minimum Gasteiger partial charge on any atom is -0.383 e. The third kappa shape index (κ3) is 1.79. The van der Waals surface area contributed by atoms with Gasteiger partial charge in [0.05, 0.1) is 0 Å². The first kappa shape index (κ1) is 7.23. The molecular formula is C4H11N3O. The van der Waals surface area contributed by atoms with Crippen molar-refractivity contribution >= 4 is 5.84 Å². The van der Waals surface area contributed by atoms with Gasteiger partial charge < -0.3 is 16.7 Å². The van der Waals surface area contributed by atoms with Crippen LogP contribution in [0.15, 0.2) is 5.10 Å². The second kappa shape index (κ2) is 2.00. The molecule has 0 aliphatic rings. The molecule has 0 amide bonds. The first-order valence-electron chi connectivity index (χ1n) is 2.24. The molecule has 0 fully saturated rings. The maximum Gasteiger partial charge on any atom is 0.150 e. The lowest BCUT2D eigenvalue weighted by Gasteiger charge is -2.13. The van der Waals surface area contributed by atoms with Crippen LogP contribution in [0.4, 0.5) is 0 Å². The van der Waals surface area contributed by atoms with E-state index in [2.05, 4.69) is 5.10 Å². The van der Waals surface area contributed by atoms with Crippen LogP contribution in [-0.4, -0.2) is 16.5 Å². The van der Waals surface area contributed by atoms with E-state index in [9.17, 15) is 0 Å². The second-order valence-corrected chi connectivity index (χ2v) is 2.07. The second-order valence-electron chi connectivity index (χ2n) is 2.07. The number of hydrazone groups is 1. The quantitative estimate of drug-likeness (QED) is 0.178. The average molecular weight is 117 g/mol. The maximum atomic E-state index is 8.95. The predicted molar refractivity (Wildman–Crippen MR) is 32.1 cm³/mol. The van der Waals surface area contributed by atoms with E-state index < -0.39 is 5.60 Å². The Hall–Kier alpha value is -0.770. The van der Waals surface area contributed by atoms with Gasteiger partial charge in [0, 0.05) is 0 Å². The predicted octanol–water partition coefficient (Wildman–Crippen LogP) is -1.01. The third-order valence-corrected chi connectivity index (χ3v) is 0.766. The monoisotopic (exact) mass is 117 g/mol. The Morgan fingerprint density at radius 2 is 2.00 bits per heavy atom. The van der Waals surface area contributed by atoms with Crippen LogP contribution in [0.2, 0.25) is 0 Å². The van der Waals surface area contributed by atoms with Gasteiger partial charge in [0.15, 0.2) is 5.84 Å². The Bertz CT molecular complexity index is 102. The fraction of sp³-hybridized carbons (Fsp3) is 0.750. The number of rotatable bonds is 1. The SMILES string of the molecule is CC(C)(O)/C(N)=N/N. The van der Waals surface area contributed by atoms with Crippen molar-refractivity contribution in [3.8, 4) is 0 Å². The van der Waals surface area contributed by atoms with Gasteiger partial charge in [-0.15, -0.1) is 0 Å². The van der Waals surface area contributed by atoms with Gasteiger partial charge in [-0.3, -0.25) is 0 Å². The molecule has 0 aliphatic carbocycles. The van der Waals surface area contributed by atoms with Gasteiger partial charge in [-0.05, 0) is 13.8 Å². The molecule has 8 heavy (non-hydrogen) atoms. The summed E-state index contributed by atoms with van der Waals surface area (Å²) in [6.07, 6.45) is 0. The van der Waals surface area contributed by atoms with Gasteiger partial charge in [-0.25, -0.2) is 0 Å². The lowest BCUT2D eigenvalue weighted by atomic mass is 10.1. The van der Waals surface area contributed by atoms with Crippen LogP contribution in [0.3, 0.4) is 0 Å². The van der Waals surface area contributed by atoms with E-state index in [1.807, 2.05) is 0 Å². The van der Waals surface area contributed by atoms with E-state index in [1.54, 1.807) is 0 Å². The van der Waals surface area contributed by atoms with Gasteiger partial charge in [0.2, 0.25) is 0 Å². The molecule has 5 N–H and O–H groups in total. The summed E-state index contributed by atoms with van der Waals surface area (Å²) in [5, 5.41) is 12.1. The van der Waals surface area contributed by atoms with Gasteiger partial charge in [0.25, 0.3) is 0 Å². The summed E-state index contributed by atoms with van der Waals surface area (Å²) in [4.78, 5) is 0. The van der Waals surface area contributed by atoms with Crippen LogP contribution in [0.25, 0.3) is 0 Å². The normalized spacial score (nSPS) is 14.1.